The number of H-pyrrole nitrogens is 1. The molecule has 2 nitrogen and oxygen atoms in total. The topological polar surface area (TPSA) is 32.9 Å². The fourth-order valence-corrected chi connectivity index (χ4v) is 1.14. The van der Waals surface area contributed by atoms with Crippen LogP contribution in [-0.2, 0) is 5.88 Å². The molecule has 0 radical (unpaired) electrons. The van der Waals surface area contributed by atoms with Gasteiger partial charge in [-0.25, -0.2) is 0 Å². The third kappa shape index (κ3) is 1.61. The summed E-state index contributed by atoms with van der Waals surface area (Å²) in [6.07, 6.45) is 1.60. The molecule has 0 fully saturated rings. The van der Waals surface area contributed by atoms with Gasteiger partial charge in [0.2, 0.25) is 0 Å². The molecular formula is C6H5BrClNO. The van der Waals surface area contributed by atoms with E-state index in [0.717, 1.165) is 5.56 Å². The van der Waals surface area contributed by atoms with Crippen molar-refractivity contribution in [3.63, 3.8) is 0 Å². The van der Waals surface area contributed by atoms with Gasteiger partial charge in [0.15, 0.2) is 0 Å². The second kappa shape index (κ2) is 3.21. The van der Waals surface area contributed by atoms with Crippen LogP contribution in [0.3, 0.4) is 0 Å². The summed E-state index contributed by atoms with van der Waals surface area (Å²) in [5.41, 5.74) is 0.766. The fourth-order valence-electron chi connectivity index (χ4n) is 0.574. The Hall–Kier alpha value is -0.280. The Bertz CT molecular complexity index is 283. The molecule has 1 N–H and O–H groups in total. The van der Waals surface area contributed by atoms with E-state index in [1.165, 1.54) is 0 Å². The first-order chi connectivity index (χ1) is 4.74. The number of halogens is 2. The Morgan fingerprint density at radius 2 is 2.40 bits per heavy atom. The lowest BCUT2D eigenvalue weighted by molar-refractivity contribution is 1.17. The van der Waals surface area contributed by atoms with Gasteiger partial charge in [0.25, 0.3) is 5.56 Å². The number of aromatic amines is 1. The minimum absolute atomic E-state index is 0.131. The minimum atomic E-state index is -0.131. The van der Waals surface area contributed by atoms with Gasteiger partial charge >= 0.3 is 0 Å². The van der Waals surface area contributed by atoms with Crippen LogP contribution >= 0.6 is 27.5 Å². The van der Waals surface area contributed by atoms with Gasteiger partial charge in [-0.2, -0.15) is 0 Å². The van der Waals surface area contributed by atoms with Crippen molar-refractivity contribution in [1.82, 2.24) is 4.98 Å². The number of pyridine rings is 1. The molecule has 10 heavy (non-hydrogen) atoms. The number of hydrogen-bond donors (Lipinski definition) is 1. The predicted octanol–water partition coefficient (Wildman–Crippen LogP) is 1.88. The number of hydrogen-bond acceptors (Lipinski definition) is 1. The molecule has 0 atom stereocenters. The largest absolute Gasteiger partial charge is 0.328 e. The van der Waals surface area contributed by atoms with Crippen LogP contribution in [0.1, 0.15) is 5.56 Å². The lowest BCUT2D eigenvalue weighted by Gasteiger charge is -1.92. The molecule has 0 aromatic carbocycles. The molecule has 54 valence electrons. The Labute approximate surface area is 71.3 Å². The summed E-state index contributed by atoms with van der Waals surface area (Å²) in [6.45, 7) is 0. The molecule has 0 aliphatic rings. The number of alkyl halides is 1. The van der Waals surface area contributed by atoms with Crippen LogP contribution in [0.5, 0.6) is 0 Å². The molecule has 0 saturated heterocycles. The smallest absolute Gasteiger partial charge is 0.262 e. The maximum atomic E-state index is 10.7. The first-order valence-corrected chi connectivity index (χ1v) is 4.00. The van der Waals surface area contributed by atoms with E-state index in [0.29, 0.717) is 10.4 Å². The Morgan fingerprint density at radius 3 is 2.90 bits per heavy atom. The van der Waals surface area contributed by atoms with Crippen molar-refractivity contribution in [3.8, 4) is 0 Å². The van der Waals surface area contributed by atoms with Gasteiger partial charge in [-0.05, 0) is 27.6 Å². The second-order valence-corrected chi connectivity index (χ2v) is 2.94. The Kier molecular flexibility index (Phi) is 2.51. The zero-order valence-corrected chi connectivity index (χ0v) is 7.37. The summed E-state index contributed by atoms with van der Waals surface area (Å²) < 4.78 is 0.519. The molecule has 1 heterocycles. The zero-order valence-electron chi connectivity index (χ0n) is 5.03. The second-order valence-electron chi connectivity index (χ2n) is 1.82. The molecule has 0 spiro atoms. The van der Waals surface area contributed by atoms with E-state index < -0.39 is 0 Å². The van der Waals surface area contributed by atoms with Gasteiger partial charge in [0, 0.05) is 12.1 Å². The van der Waals surface area contributed by atoms with E-state index in [1.807, 2.05) is 0 Å². The summed E-state index contributed by atoms with van der Waals surface area (Å²) in [5.74, 6) is 0.412. The van der Waals surface area contributed by atoms with E-state index in [1.54, 1.807) is 12.3 Å². The Balaban J connectivity index is 3.17. The molecule has 1 aromatic heterocycles. The third-order valence-corrected chi connectivity index (χ3v) is 1.97. The number of rotatable bonds is 1. The summed E-state index contributed by atoms with van der Waals surface area (Å²) in [6, 6.07) is 1.70. The lowest BCUT2D eigenvalue weighted by Crippen LogP contribution is -2.05. The first kappa shape index (κ1) is 7.82. The maximum absolute atomic E-state index is 10.7. The summed E-state index contributed by atoms with van der Waals surface area (Å²) in [5, 5.41) is 0. The van der Waals surface area contributed by atoms with Crippen molar-refractivity contribution in [2.75, 3.05) is 0 Å². The first-order valence-electron chi connectivity index (χ1n) is 2.67. The van der Waals surface area contributed by atoms with Gasteiger partial charge < -0.3 is 4.98 Å². The molecule has 0 amide bonds. The van der Waals surface area contributed by atoms with E-state index in [4.69, 9.17) is 11.6 Å². The van der Waals surface area contributed by atoms with Crippen LogP contribution in [-0.4, -0.2) is 4.98 Å². The molecular weight excluding hydrogens is 217 g/mol. The van der Waals surface area contributed by atoms with E-state index in [9.17, 15) is 4.79 Å². The minimum Gasteiger partial charge on any atom is -0.328 e. The average Bonchev–Trinajstić information content (AvgIpc) is 1.95. The van der Waals surface area contributed by atoms with Crippen LogP contribution in [0.25, 0.3) is 0 Å². The van der Waals surface area contributed by atoms with E-state index >= 15 is 0 Å². The highest BCUT2D eigenvalue weighted by atomic mass is 79.9. The van der Waals surface area contributed by atoms with Gasteiger partial charge in [-0.15, -0.1) is 11.6 Å². The standard InChI is InChI=1S/C6H5BrClNO/c7-5-1-4(2-8)3-9-6(5)10/h1,3H,2H2,(H,9,10). The third-order valence-electron chi connectivity index (χ3n) is 1.07. The fraction of sp³-hybridized carbons (Fsp3) is 0.167. The SMILES string of the molecule is O=c1[nH]cc(CCl)cc1Br. The van der Waals surface area contributed by atoms with Crippen LogP contribution in [0.15, 0.2) is 21.5 Å². The van der Waals surface area contributed by atoms with Gasteiger partial charge in [0.05, 0.1) is 4.47 Å². The van der Waals surface area contributed by atoms with Crippen molar-refractivity contribution >= 4 is 27.5 Å². The molecule has 1 rings (SSSR count). The van der Waals surface area contributed by atoms with Crippen molar-refractivity contribution in [2.24, 2.45) is 0 Å². The van der Waals surface area contributed by atoms with Crippen LogP contribution < -0.4 is 5.56 Å². The molecule has 4 heteroatoms. The van der Waals surface area contributed by atoms with Gasteiger partial charge in [0.1, 0.15) is 0 Å². The maximum Gasteiger partial charge on any atom is 0.262 e. The summed E-state index contributed by atoms with van der Waals surface area (Å²) in [7, 11) is 0. The van der Waals surface area contributed by atoms with Gasteiger partial charge in [-0.1, -0.05) is 0 Å². The quantitative estimate of drug-likeness (QED) is 0.723. The number of aromatic nitrogens is 1. The highest BCUT2D eigenvalue weighted by molar-refractivity contribution is 9.10. The van der Waals surface area contributed by atoms with Crippen LogP contribution in [0, 0.1) is 0 Å². The van der Waals surface area contributed by atoms with E-state index in [2.05, 4.69) is 20.9 Å². The normalized spacial score (nSPS) is 9.80. The van der Waals surface area contributed by atoms with Gasteiger partial charge in [-0.3, -0.25) is 4.79 Å². The lowest BCUT2D eigenvalue weighted by atomic mass is 10.3. The molecule has 0 aliphatic carbocycles. The average molecular weight is 222 g/mol. The highest BCUT2D eigenvalue weighted by Crippen LogP contribution is 2.06. The molecule has 0 saturated carbocycles. The van der Waals surface area contributed by atoms with Crippen molar-refractivity contribution < 1.29 is 0 Å². The van der Waals surface area contributed by atoms with Crippen molar-refractivity contribution in [2.45, 2.75) is 5.88 Å². The van der Waals surface area contributed by atoms with Crippen molar-refractivity contribution in [1.29, 1.82) is 0 Å². The van der Waals surface area contributed by atoms with E-state index in [-0.39, 0.29) is 5.56 Å². The summed E-state index contributed by atoms with van der Waals surface area (Å²) >= 11 is 8.59. The number of nitrogens with one attached hydrogen (secondary N) is 1. The Morgan fingerprint density at radius 1 is 1.70 bits per heavy atom. The zero-order chi connectivity index (χ0) is 7.56. The predicted molar refractivity (Wildman–Crippen MR) is 44.3 cm³/mol. The highest BCUT2D eigenvalue weighted by Gasteiger charge is 1.95. The monoisotopic (exact) mass is 221 g/mol. The van der Waals surface area contributed by atoms with Crippen molar-refractivity contribution in [3.05, 3.63) is 32.7 Å². The molecule has 0 unspecified atom stereocenters. The molecule has 0 bridgehead atoms. The summed E-state index contributed by atoms with van der Waals surface area (Å²) in [4.78, 5) is 13.3. The molecule has 0 aliphatic heterocycles. The van der Waals surface area contributed by atoms with Crippen LogP contribution in [0.2, 0.25) is 0 Å². The molecule has 1 aromatic rings. The van der Waals surface area contributed by atoms with Crippen LogP contribution in [0.4, 0.5) is 0 Å².